The van der Waals surface area contributed by atoms with Crippen molar-refractivity contribution in [1.29, 1.82) is 0 Å². The van der Waals surface area contributed by atoms with Crippen molar-refractivity contribution in [1.82, 2.24) is 10.6 Å². The molecule has 0 bridgehead atoms. The van der Waals surface area contributed by atoms with Gasteiger partial charge in [-0.1, -0.05) is 6.07 Å². The number of halogens is 3. The fourth-order valence-electron chi connectivity index (χ4n) is 3.41. The minimum Gasteiger partial charge on any atom is -0.434 e. The maximum Gasteiger partial charge on any atom is 0.387 e. The Morgan fingerprint density at radius 1 is 1.39 bits per heavy atom. The van der Waals surface area contributed by atoms with Crippen LogP contribution in [-0.2, 0) is 11.3 Å². The molecule has 23 heavy (non-hydrogen) atoms. The van der Waals surface area contributed by atoms with E-state index in [-0.39, 0.29) is 35.1 Å². The van der Waals surface area contributed by atoms with Gasteiger partial charge in [0.25, 0.3) is 0 Å². The summed E-state index contributed by atoms with van der Waals surface area (Å²) in [5.41, 5.74) is 0.0218. The molecule has 1 aliphatic heterocycles. The van der Waals surface area contributed by atoms with Crippen molar-refractivity contribution >= 4 is 5.91 Å². The molecule has 1 amide bonds. The zero-order chi connectivity index (χ0) is 16.4. The molecule has 7 heteroatoms. The summed E-state index contributed by atoms with van der Waals surface area (Å²) in [7, 11) is 0. The number of nitrogens with one attached hydrogen (secondary N) is 2. The zero-order valence-electron chi connectivity index (χ0n) is 12.6. The fourth-order valence-corrected chi connectivity index (χ4v) is 3.41. The maximum atomic E-state index is 13.8. The van der Waals surface area contributed by atoms with Crippen LogP contribution >= 0.6 is 0 Å². The maximum absolute atomic E-state index is 13.8. The molecule has 1 aliphatic carbocycles. The first-order chi connectivity index (χ1) is 11.0. The lowest BCUT2D eigenvalue weighted by Gasteiger charge is -2.23. The van der Waals surface area contributed by atoms with Gasteiger partial charge in [0.1, 0.15) is 11.6 Å². The normalized spacial score (nSPS) is 22.2. The van der Waals surface area contributed by atoms with Crippen LogP contribution in [0.2, 0.25) is 0 Å². The van der Waals surface area contributed by atoms with Crippen molar-refractivity contribution in [3.63, 3.8) is 0 Å². The summed E-state index contributed by atoms with van der Waals surface area (Å²) < 4.78 is 42.9. The Morgan fingerprint density at radius 3 is 2.83 bits per heavy atom. The van der Waals surface area contributed by atoms with E-state index in [0.29, 0.717) is 0 Å². The Kier molecular flexibility index (Phi) is 4.48. The molecule has 1 heterocycles. The minimum atomic E-state index is -3.03. The Balaban J connectivity index is 1.61. The lowest BCUT2D eigenvalue weighted by Crippen LogP contribution is -2.33. The van der Waals surface area contributed by atoms with Gasteiger partial charge in [0, 0.05) is 18.0 Å². The lowest BCUT2D eigenvalue weighted by molar-refractivity contribution is -0.123. The van der Waals surface area contributed by atoms with E-state index >= 15 is 0 Å². The number of carbonyl (C=O) groups is 1. The lowest BCUT2D eigenvalue weighted by atomic mass is 9.92. The van der Waals surface area contributed by atoms with E-state index in [2.05, 4.69) is 15.4 Å². The van der Waals surface area contributed by atoms with Crippen LogP contribution in [0.15, 0.2) is 18.2 Å². The molecule has 1 saturated heterocycles. The third kappa shape index (κ3) is 3.44. The van der Waals surface area contributed by atoms with Crippen molar-refractivity contribution in [3.05, 3.63) is 29.6 Å². The summed E-state index contributed by atoms with van der Waals surface area (Å²) in [4.78, 5) is 12.3. The molecule has 126 valence electrons. The fraction of sp³-hybridized carbons (Fsp3) is 0.562. The number of ether oxygens (including phenoxy) is 1. The predicted molar refractivity (Wildman–Crippen MR) is 77.5 cm³/mol. The van der Waals surface area contributed by atoms with E-state index in [0.717, 1.165) is 38.4 Å². The molecule has 2 aliphatic rings. The number of piperidine rings is 1. The van der Waals surface area contributed by atoms with Gasteiger partial charge < -0.3 is 15.4 Å². The molecule has 0 radical (unpaired) electrons. The largest absolute Gasteiger partial charge is 0.434 e. The van der Waals surface area contributed by atoms with Gasteiger partial charge in [-0.15, -0.1) is 0 Å². The smallest absolute Gasteiger partial charge is 0.387 e. The molecular formula is C16H19F3N2O2. The summed E-state index contributed by atoms with van der Waals surface area (Å²) >= 11 is 0. The van der Waals surface area contributed by atoms with Crippen LogP contribution in [-0.4, -0.2) is 25.6 Å². The number of benzene rings is 1. The molecule has 3 rings (SSSR count). The van der Waals surface area contributed by atoms with Crippen molar-refractivity contribution < 1.29 is 22.7 Å². The van der Waals surface area contributed by atoms with Gasteiger partial charge in [-0.05, 0) is 49.9 Å². The molecule has 2 fully saturated rings. The van der Waals surface area contributed by atoms with Crippen LogP contribution < -0.4 is 15.4 Å². The van der Waals surface area contributed by atoms with E-state index < -0.39 is 12.4 Å². The van der Waals surface area contributed by atoms with E-state index in [1.807, 2.05) is 0 Å². The Labute approximate surface area is 132 Å². The first-order valence-corrected chi connectivity index (χ1v) is 7.72. The Morgan fingerprint density at radius 2 is 2.13 bits per heavy atom. The van der Waals surface area contributed by atoms with Crippen molar-refractivity contribution in [2.45, 2.75) is 32.4 Å². The zero-order valence-corrected chi connectivity index (χ0v) is 12.6. The van der Waals surface area contributed by atoms with E-state index in [1.54, 1.807) is 0 Å². The molecule has 1 aromatic rings. The first kappa shape index (κ1) is 16.1. The highest BCUT2D eigenvalue weighted by atomic mass is 19.3. The summed E-state index contributed by atoms with van der Waals surface area (Å²) in [6.45, 7) is -1.38. The highest BCUT2D eigenvalue weighted by Crippen LogP contribution is 2.58. The number of hydrogen-bond acceptors (Lipinski definition) is 3. The Hall–Kier alpha value is -1.76. The van der Waals surface area contributed by atoms with Crippen LogP contribution in [0.4, 0.5) is 13.2 Å². The quantitative estimate of drug-likeness (QED) is 0.873. The summed E-state index contributed by atoms with van der Waals surface area (Å²) in [6, 6.07) is 3.72. The van der Waals surface area contributed by atoms with Crippen LogP contribution in [0.25, 0.3) is 0 Å². The highest BCUT2D eigenvalue weighted by Gasteiger charge is 2.57. The SMILES string of the molecule is O=C(NCc1c(F)cccc1OC(F)F)C1CC12CCNCC2. The van der Waals surface area contributed by atoms with Gasteiger partial charge in [-0.2, -0.15) is 8.78 Å². The molecule has 4 nitrogen and oxygen atoms in total. The number of alkyl halides is 2. The van der Waals surface area contributed by atoms with Gasteiger partial charge >= 0.3 is 6.61 Å². The molecule has 1 spiro atoms. The topological polar surface area (TPSA) is 50.4 Å². The highest BCUT2D eigenvalue weighted by molar-refractivity contribution is 5.82. The van der Waals surface area contributed by atoms with Crippen LogP contribution in [0.5, 0.6) is 5.75 Å². The third-order valence-corrected chi connectivity index (χ3v) is 4.84. The van der Waals surface area contributed by atoms with Crippen molar-refractivity contribution in [2.75, 3.05) is 13.1 Å². The second kappa shape index (κ2) is 6.39. The molecule has 1 aromatic carbocycles. The summed E-state index contributed by atoms with van der Waals surface area (Å²) in [6.07, 6.45) is 2.77. The second-order valence-corrected chi connectivity index (χ2v) is 6.18. The van der Waals surface area contributed by atoms with Crippen LogP contribution in [0, 0.1) is 17.2 Å². The predicted octanol–water partition coefficient (Wildman–Crippen LogP) is 2.43. The molecule has 0 aromatic heterocycles. The van der Waals surface area contributed by atoms with Gasteiger partial charge in [0.2, 0.25) is 5.91 Å². The number of rotatable bonds is 5. The first-order valence-electron chi connectivity index (χ1n) is 7.72. The number of carbonyl (C=O) groups excluding carboxylic acids is 1. The Bertz CT molecular complexity index is 589. The summed E-state index contributed by atoms with van der Waals surface area (Å²) in [5, 5.41) is 5.92. The molecule has 1 unspecified atom stereocenters. The van der Waals surface area contributed by atoms with Crippen LogP contribution in [0.3, 0.4) is 0 Å². The number of amides is 1. The average molecular weight is 328 g/mol. The standard InChI is InChI=1S/C16H19F3N2O2/c17-12-2-1-3-13(23-15(18)19)10(12)9-21-14(22)11-8-16(11)4-6-20-7-5-16/h1-3,11,15,20H,4-9H2,(H,21,22). The minimum absolute atomic E-state index is 0.0545. The third-order valence-electron chi connectivity index (χ3n) is 4.84. The molecule has 1 saturated carbocycles. The second-order valence-electron chi connectivity index (χ2n) is 6.18. The monoisotopic (exact) mass is 328 g/mol. The van der Waals surface area contributed by atoms with Gasteiger partial charge in [-0.25, -0.2) is 4.39 Å². The number of hydrogen-bond donors (Lipinski definition) is 2. The average Bonchev–Trinajstić information content (AvgIpc) is 3.20. The van der Waals surface area contributed by atoms with E-state index in [4.69, 9.17) is 0 Å². The van der Waals surface area contributed by atoms with E-state index in [9.17, 15) is 18.0 Å². The van der Waals surface area contributed by atoms with Gasteiger partial charge in [0.15, 0.2) is 0 Å². The summed E-state index contributed by atoms with van der Waals surface area (Å²) in [5.74, 6) is -1.11. The van der Waals surface area contributed by atoms with E-state index in [1.165, 1.54) is 12.1 Å². The van der Waals surface area contributed by atoms with Crippen LogP contribution in [0.1, 0.15) is 24.8 Å². The molecule has 2 N–H and O–H groups in total. The van der Waals surface area contributed by atoms with Crippen molar-refractivity contribution in [2.24, 2.45) is 11.3 Å². The molecule has 1 atom stereocenters. The molecular weight excluding hydrogens is 309 g/mol. The van der Waals surface area contributed by atoms with Gasteiger partial charge in [0.05, 0.1) is 0 Å². The van der Waals surface area contributed by atoms with Crippen molar-refractivity contribution in [3.8, 4) is 5.75 Å². The van der Waals surface area contributed by atoms with Gasteiger partial charge in [-0.3, -0.25) is 4.79 Å².